The van der Waals surface area contributed by atoms with Crippen LogP contribution in [0.3, 0.4) is 0 Å². The molecular formula is C17H29BN2O5. The van der Waals surface area contributed by atoms with Crippen molar-refractivity contribution in [3.8, 4) is 0 Å². The first-order chi connectivity index (χ1) is 12.0. The van der Waals surface area contributed by atoms with Crippen molar-refractivity contribution in [2.45, 2.75) is 63.4 Å². The van der Waals surface area contributed by atoms with Gasteiger partial charge in [-0.2, -0.15) is 0 Å². The Balaban J connectivity index is 1.81. The van der Waals surface area contributed by atoms with E-state index < -0.39 is 25.1 Å². The molecule has 0 aromatic rings. The zero-order valence-electron chi connectivity index (χ0n) is 14.6. The van der Waals surface area contributed by atoms with E-state index in [0.29, 0.717) is 37.6 Å². The first kappa shape index (κ1) is 19.9. The lowest BCUT2D eigenvalue weighted by Gasteiger charge is -2.29. The van der Waals surface area contributed by atoms with Gasteiger partial charge >= 0.3 is 13.1 Å². The fourth-order valence-corrected chi connectivity index (χ4v) is 3.61. The summed E-state index contributed by atoms with van der Waals surface area (Å²) in [6.45, 7) is 0.717. The molecule has 0 saturated heterocycles. The Kier molecular flexibility index (Phi) is 7.93. The standard InChI is InChI=1S/C17H29BN2O5/c19-11-13-7-5-12(6-8-13)9-16(21)20-15-4-2-1-3-14(10-17(22)23)25-18(15)24/h1-2,12-15,24H,3-11,19H2,(H,20,21)(H,22,23)/b2-1-/t12-,13-,14-,15-/m0/s1. The summed E-state index contributed by atoms with van der Waals surface area (Å²) in [5.74, 6) is -0.672. The summed E-state index contributed by atoms with van der Waals surface area (Å²) in [6, 6.07) is 0. The molecule has 1 aliphatic carbocycles. The highest BCUT2D eigenvalue weighted by Gasteiger charge is 2.32. The second-order valence-electron chi connectivity index (χ2n) is 7.19. The van der Waals surface area contributed by atoms with Gasteiger partial charge in [0.1, 0.15) is 0 Å². The van der Waals surface area contributed by atoms with Gasteiger partial charge in [-0.3, -0.25) is 9.59 Å². The predicted molar refractivity (Wildman–Crippen MR) is 94.5 cm³/mol. The van der Waals surface area contributed by atoms with E-state index in [2.05, 4.69) is 5.32 Å². The maximum Gasteiger partial charge on any atom is 0.478 e. The Hall–Kier alpha value is -1.38. The third kappa shape index (κ3) is 6.80. The molecule has 0 spiro atoms. The average Bonchev–Trinajstić information content (AvgIpc) is 2.56. The third-order valence-corrected chi connectivity index (χ3v) is 5.15. The van der Waals surface area contributed by atoms with Crippen LogP contribution >= 0.6 is 0 Å². The van der Waals surface area contributed by atoms with Crippen molar-refractivity contribution in [2.75, 3.05) is 6.54 Å². The number of carbonyl (C=O) groups is 2. The summed E-state index contributed by atoms with van der Waals surface area (Å²) >= 11 is 0. The average molecular weight is 352 g/mol. The van der Waals surface area contributed by atoms with E-state index in [-0.39, 0.29) is 12.3 Å². The molecule has 140 valence electrons. The summed E-state index contributed by atoms with van der Waals surface area (Å²) in [6.07, 6.45) is 8.46. The van der Waals surface area contributed by atoms with Crippen molar-refractivity contribution < 1.29 is 24.4 Å². The van der Waals surface area contributed by atoms with Crippen LogP contribution in [-0.2, 0) is 14.2 Å². The molecular weight excluding hydrogens is 323 g/mol. The van der Waals surface area contributed by atoms with Gasteiger partial charge in [-0.25, -0.2) is 0 Å². The van der Waals surface area contributed by atoms with E-state index in [9.17, 15) is 14.6 Å². The Morgan fingerprint density at radius 2 is 1.76 bits per heavy atom. The first-order valence-corrected chi connectivity index (χ1v) is 9.17. The fraction of sp³-hybridized carbons (Fsp3) is 0.765. The fourth-order valence-electron chi connectivity index (χ4n) is 3.61. The van der Waals surface area contributed by atoms with Gasteiger partial charge in [0.15, 0.2) is 0 Å². The van der Waals surface area contributed by atoms with Crippen LogP contribution in [-0.4, -0.2) is 47.7 Å². The summed E-state index contributed by atoms with van der Waals surface area (Å²) < 4.78 is 5.43. The van der Waals surface area contributed by atoms with Crippen molar-refractivity contribution in [3.63, 3.8) is 0 Å². The highest BCUT2D eigenvalue weighted by Crippen LogP contribution is 2.30. The molecule has 2 atom stereocenters. The maximum absolute atomic E-state index is 12.3. The number of aliphatic carboxylic acids is 1. The molecule has 0 aromatic heterocycles. The minimum atomic E-state index is -1.20. The van der Waals surface area contributed by atoms with E-state index in [0.717, 1.165) is 25.7 Å². The van der Waals surface area contributed by atoms with E-state index in [1.54, 1.807) is 0 Å². The van der Waals surface area contributed by atoms with Crippen LogP contribution in [0.1, 0.15) is 51.4 Å². The van der Waals surface area contributed by atoms with Gasteiger partial charge in [-0.15, -0.1) is 0 Å². The van der Waals surface area contributed by atoms with E-state index in [1.807, 2.05) is 12.2 Å². The molecule has 0 aromatic carbocycles. The smallest absolute Gasteiger partial charge is 0.478 e. The number of carboxylic acid groups (broad SMARTS) is 1. The topological polar surface area (TPSA) is 122 Å². The van der Waals surface area contributed by atoms with Gasteiger partial charge in [0, 0.05) is 6.42 Å². The number of carboxylic acids is 1. The first-order valence-electron chi connectivity index (χ1n) is 9.17. The molecule has 1 amide bonds. The van der Waals surface area contributed by atoms with E-state index in [4.69, 9.17) is 15.5 Å². The number of rotatable bonds is 6. The number of nitrogens with one attached hydrogen (secondary N) is 1. The predicted octanol–water partition coefficient (Wildman–Crippen LogP) is 0.856. The van der Waals surface area contributed by atoms with Gasteiger partial charge in [0.25, 0.3) is 0 Å². The van der Waals surface area contributed by atoms with Crippen LogP contribution in [0.5, 0.6) is 0 Å². The summed E-state index contributed by atoms with van der Waals surface area (Å²) in [5, 5.41) is 21.9. The van der Waals surface area contributed by atoms with Gasteiger partial charge in [0.2, 0.25) is 5.91 Å². The van der Waals surface area contributed by atoms with Crippen LogP contribution in [0.15, 0.2) is 12.2 Å². The molecule has 0 radical (unpaired) electrons. The second-order valence-corrected chi connectivity index (χ2v) is 7.19. The summed E-state index contributed by atoms with van der Waals surface area (Å²) in [4.78, 5) is 23.1. The normalized spacial score (nSPS) is 31.7. The largest absolute Gasteiger partial charge is 0.481 e. The zero-order valence-corrected chi connectivity index (χ0v) is 14.6. The van der Waals surface area contributed by atoms with Crippen molar-refractivity contribution >= 4 is 19.0 Å². The number of carbonyl (C=O) groups excluding carboxylic acids is 1. The van der Waals surface area contributed by atoms with Gasteiger partial charge < -0.3 is 25.8 Å². The number of amides is 1. The number of hydrogen-bond acceptors (Lipinski definition) is 5. The summed E-state index contributed by atoms with van der Waals surface area (Å²) in [5.41, 5.74) is 5.69. The second kappa shape index (κ2) is 9.94. The quantitative estimate of drug-likeness (QED) is 0.415. The molecule has 7 nitrogen and oxygen atoms in total. The lowest BCUT2D eigenvalue weighted by molar-refractivity contribution is -0.139. The molecule has 1 aliphatic heterocycles. The Bertz CT molecular complexity index is 480. The molecule has 8 heteroatoms. The monoisotopic (exact) mass is 352 g/mol. The van der Waals surface area contributed by atoms with Gasteiger partial charge in [-0.05, 0) is 56.9 Å². The molecule has 25 heavy (non-hydrogen) atoms. The Morgan fingerprint density at radius 1 is 1.12 bits per heavy atom. The molecule has 5 N–H and O–H groups in total. The van der Waals surface area contributed by atoms with Crippen LogP contribution in [0.4, 0.5) is 0 Å². The number of nitrogens with two attached hydrogens (primary N) is 1. The molecule has 1 heterocycles. The summed E-state index contributed by atoms with van der Waals surface area (Å²) in [7, 11) is -1.20. The Morgan fingerprint density at radius 3 is 2.40 bits per heavy atom. The molecule has 2 aliphatic rings. The molecule has 2 rings (SSSR count). The van der Waals surface area contributed by atoms with E-state index in [1.165, 1.54) is 0 Å². The lowest BCUT2D eigenvalue weighted by Crippen LogP contribution is -2.50. The van der Waals surface area contributed by atoms with Gasteiger partial charge in [-0.1, -0.05) is 12.2 Å². The van der Waals surface area contributed by atoms with Gasteiger partial charge in [0.05, 0.1) is 18.5 Å². The van der Waals surface area contributed by atoms with Crippen LogP contribution in [0, 0.1) is 11.8 Å². The minimum absolute atomic E-state index is 0.0902. The van der Waals surface area contributed by atoms with E-state index >= 15 is 0 Å². The molecule has 0 unspecified atom stereocenters. The van der Waals surface area contributed by atoms with Crippen LogP contribution < -0.4 is 11.1 Å². The number of hydrogen-bond donors (Lipinski definition) is 4. The van der Waals surface area contributed by atoms with Crippen molar-refractivity contribution in [1.82, 2.24) is 5.32 Å². The maximum atomic E-state index is 12.3. The highest BCUT2D eigenvalue weighted by atomic mass is 16.5. The SMILES string of the molecule is NC[C@H]1CC[C@H](CC(=O)N[C@H]2C/C=C\C[C@@H](CC(=O)O)OB2O)CC1. The third-order valence-electron chi connectivity index (χ3n) is 5.15. The molecule has 1 saturated carbocycles. The molecule has 0 bridgehead atoms. The van der Waals surface area contributed by atoms with Crippen molar-refractivity contribution in [2.24, 2.45) is 17.6 Å². The van der Waals surface area contributed by atoms with Crippen molar-refractivity contribution in [3.05, 3.63) is 12.2 Å². The lowest BCUT2D eigenvalue weighted by atomic mass is 9.75. The minimum Gasteiger partial charge on any atom is -0.481 e. The van der Waals surface area contributed by atoms with Crippen LogP contribution in [0.2, 0.25) is 0 Å². The molecule has 1 fully saturated rings. The zero-order chi connectivity index (χ0) is 18.2. The van der Waals surface area contributed by atoms with Crippen LogP contribution in [0.25, 0.3) is 0 Å². The Labute approximate surface area is 149 Å². The highest BCUT2D eigenvalue weighted by molar-refractivity contribution is 6.45. The van der Waals surface area contributed by atoms with Crippen molar-refractivity contribution in [1.29, 1.82) is 0 Å².